The highest BCUT2D eigenvalue weighted by atomic mass is 15.4. The summed E-state index contributed by atoms with van der Waals surface area (Å²) >= 11 is 0. The summed E-state index contributed by atoms with van der Waals surface area (Å²) in [7, 11) is 0. The summed E-state index contributed by atoms with van der Waals surface area (Å²) in [6.45, 7) is 0. The lowest BCUT2D eigenvalue weighted by Crippen LogP contribution is -2.00. The highest BCUT2D eigenvalue weighted by Gasteiger charge is 2.37. The lowest BCUT2D eigenvalue weighted by atomic mass is 10.3. The van der Waals surface area contributed by atoms with Crippen LogP contribution in [0.5, 0.6) is 0 Å². The summed E-state index contributed by atoms with van der Waals surface area (Å²) in [4.78, 5) is 0. The topological polar surface area (TPSA) is 56.7 Å². The molecule has 3 rings (SSSR count). The van der Waals surface area contributed by atoms with Gasteiger partial charge >= 0.3 is 0 Å². The molecule has 4 nitrogen and oxygen atoms in total. The van der Waals surface area contributed by atoms with Gasteiger partial charge in [0.2, 0.25) is 0 Å². The van der Waals surface area contributed by atoms with Crippen LogP contribution in [-0.4, -0.2) is 21.0 Å². The molecule has 1 aromatic carbocycles. The first-order valence-electron chi connectivity index (χ1n) is 5.08. The highest BCUT2D eigenvalue weighted by Crippen LogP contribution is 2.37. The van der Waals surface area contributed by atoms with E-state index in [0.29, 0.717) is 5.92 Å². The molecule has 2 atom stereocenters. The zero-order valence-electron chi connectivity index (χ0n) is 8.24. The van der Waals surface area contributed by atoms with Gasteiger partial charge in [0.25, 0.3) is 0 Å². The van der Waals surface area contributed by atoms with Crippen LogP contribution in [0.15, 0.2) is 36.5 Å². The van der Waals surface area contributed by atoms with Crippen LogP contribution in [0.3, 0.4) is 0 Å². The molecule has 1 heterocycles. The minimum Gasteiger partial charge on any atom is -0.327 e. The van der Waals surface area contributed by atoms with Crippen molar-refractivity contribution in [2.75, 3.05) is 0 Å². The Morgan fingerprint density at radius 1 is 1.27 bits per heavy atom. The third-order valence-corrected chi connectivity index (χ3v) is 2.75. The zero-order chi connectivity index (χ0) is 10.3. The van der Waals surface area contributed by atoms with Crippen molar-refractivity contribution in [1.82, 2.24) is 15.0 Å². The Hall–Kier alpha value is -1.68. The van der Waals surface area contributed by atoms with Crippen molar-refractivity contribution >= 4 is 0 Å². The van der Waals surface area contributed by atoms with E-state index in [-0.39, 0.29) is 6.04 Å². The Morgan fingerprint density at radius 3 is 2.67 bits per heavy atom. The van der Waals surface area contributed by atoms with Gasteiger partial charge in [-0.3, -0.25) is 0 Å². The number of hydrogen-bond acceptors (Lipinski definition) is 3. The van der Waals surface area contributed by atoms with Crippen molar-refractivity contribution in [3.05, 3.63) is 42.2 Å². The number of aromatic nitrogens is 3. The number of nitrogens with two attached hydrogens (primary N) is 1. The monoisotopic (exact) mass is 200 g/mol. The molecular weight excluding hydrogens is 188 g/mol. The first kappa shape index (κ1) is 8.61. The van der Waals surface area contributed by atoms with Crippen LogP contribution in [0.1, 0.15) is 18.0 Å². The summed E-state index contributed by atoms with van der Waals surface area (Å²) in [5, 5.41) is 8.23. The molecule has 1 aliphatic carbocycles. The molecule has 76 valence electrons. The van der Waals surface area contributed by atoms with E-state index in [0.717, 1.165) is 17.8 Å². The van der Waals surface area contributed by atoms with Crippen molar-refractivity contribution in [2.24, 2.45) is 5.73 Å². The van der Waals surface area contributed by atoms with Crippen LogP contribution < -0.4 is 5.73 Å². The first-order valence-corrected chi connectivity index (χ1v) is 5.08. The molecule has 0 amide bonds. The van der Waals surface area contributed by atoms with Gasteiger partial charge in [-0.05, 0) is 18.6 Å². The van der Waals surface area contributed by atoms with Crippen LogP contribution >= 0.6 is 0 Å². The molecular formula is C11H12N4. The highest BCUT2D eigenvalue weighted by molar-refractivity contribution is 5.31. The smallest absolute Gasteiger partial charge is 0.0878 e. The lowest BCUT2D eigenvalue weighted by molar-refractivity contribution is 0.795. The molecule has 1 saturated carbocycles. The summed E-state index contributed by atoms with van der Waals surface area (Å²) < 4.78 is 1.79. The quantitative estimate of drug-likeness (QED) is 0.789. The minimum absolute atomic E-state index is 0.283. The van der Waals surface area contributed by atoms with Crippen molar-refractivity contribution in [3.8, 4) is 5.69 Å². The van der Waals surface area contributed by atoms with E-state index < -0.39 is 0 Å². The average molecular weight is 200 g/mol. The molecule has 2 N–H and O–H groups in total. The maximum atomic E-state index is 5.77. The summed E-state index contributed by atoms with van der Waals surface area (Å²) in [5.74, 6) is 0.419. The van der Waals surface area contributed by atoms with E-state index in [1.165, 1.54) is 0 Å². The molecule has 2 unspecified atom stereocenters. The lowest BCUT2D eigenvalue weighted by Gasteiger charge is -1.96. The third kappa shape index (κ3) is 1.53. The van der Waals surface area contributed by atoms with Gasteiger partial charge in [0.15, 0.2) is 0 Å². The van der Waals surface area contributed by atoms with Crippen molar-refractivity contribution in [1.29, 1.82) is 0 Å². The average Bonchev–Trinajstić information content (AvgIpc) is 2.83. The maximum Gasteiger partial charge on any atom is 0.0878 e. The second-order valence-electron chi connectivity index (χ2n) is 3.93. The van der Waals surface area contributed by atoms with E-state index in [9.17, 15) is 0 Å². The van der Waals surface area contributed by atoms with Crippen molar-refractivity contribution in [3.63, 3.8) is 0 Å². The van der Waals surface area contributed by atoms with E-state index >= 15 is 0 Å². The fraction of sp³-hybridized carbons (Fsp3) is 0.273. The molecule has 15 heavy (non-hydrogen) atoms. The Kier molecular flexibility index (Phi) is 1.82. The van der Waals surface area contributed by atoms with Crippen LogP contribution in [0.4, 0.5) is 0 Å². The van der Waals surface area contributed by atoms with Gasteiger partial charge in [0.05, 0.1) is 17.6 Å². The third-order valence-electron chi connectivity index (χ3n) is 2.75. The molecule has 0 aliphatic heterocycles. The van der Waals surface area contributed by atoms with E-state index in [1.807, 2.05) is 36.5 Å². The Morgan fingerprint density at radius 2 is 2.00 bits per heavy atom. The Labute approximate surface area is 87.7 Å². The molecule has 1 aliphatic rings. The van der Waals surface area contributed by atoms with Gasteiger partial charge in [-0.1, -0.05) is 23.4 Å². The number of nitrogens with zero attached hydrogens (tertiary/aromatic N) is 3. The van der Waals surface area contributed by atoms with Crippen molar-refractivity contribution in [2.45, 2.75) is 18.4 Å². The van der Waals surface area contributed by atoms with Crippen LogP contribution in [0.2, 0.25) is 0 Å². The van der Waals surface area contributed by atoms with Crippen molar-refractivity contribution < 1.29 is 0 Å². The van der Waals surface area contributed by atoms with E-state index in [4.69, 9.17) is 5.73 Å². The fourth-order valence-corrected chi connectivity index (χ4v) is 1.71. The summed E-state index contributed by atoms with van der Waals surface area (Å²) in [6.07, 6.45) is 3.00. The standard InChI is InChI=1S/C11H12N4/c12-10-6-9(10)11-7-15(14-13-11)8-4-2-1-3-5-8/h1-5,7,9-10H,6,12H2. The molecule has 1 aromatic heterocycles. The fourth-order valence-electron chi connectivity index (χ4n) is 1.71. The van der Waals surface area contributed by atoms with Gasteiger partial charge in [-0.2, -0.15) is 0 Å². The molecule has 0 saturated heterocycles. The molecule has 1 fully saturated rings. The Balaban J connectivity index is 1.91. The minimum atomic E-state index is 0.283. The van der Waals surface area contributed by atoms with Gasteiger partial charge in [-0.15, -0.1) is 5.10 Å². The molecule has 4 heteroatoms. The SMILES string of the molecule is NC1CC1c1cn(-c2ccccc2)nn1. The van der Waals surface area contributed by atoms with Gasteiger partial charge < -0.3 is 5.73 Å². The van der Waals surface area contributed by atoms with Gasteiger partial charge in [0, 0.05) is 12.0 Å². The number of rotatable bonds is 2. The second kappa shape index (κ2) is 3.17. The zero-order valence-corrected chi connectivity index (χ0v) is 8.24. The summed E-state index contributed by atoms with van der Waals surface area (Å²) in [6, 6.07) is 10.2. The molecule has 0 spiro atoms. The first-order chi connectivity index (χ1) is 7.34. The number of benzene rings is 1. The Bertz CT molecular complexity index is 462. The maximum absolute atomic E-state index is 5.77. The molecule has 0 bridgehead atoms. The number of hydrogen-bond donors (Lipinski definition) is 1. The second-order valence-corrected chi connectivity index (χ2v) is 3.93. The molecule has 0 radical (unpaired) electrons. The van der Waals surface area contributed by atoms with Crippen LogP contribution in [0.25, 0.3) is 5.69 Å². The predicted octanol–water partition coefficient (Wildman–Crippen LogP) is 1.08. The van der Waals surface area contributed by atoms with E-state index in [2.05, 4.69) is 10.3 Å². The normalized spacial score (nSPS) is 24.1. The van der Waals surface area contributed by atoms with Gasteiger partial charge in [0.1, 0.15) is 0 Å². The van der Waals surface area contributed by atoms with Crippen LogP contribution in [0, 0.1) is 0 Å². The summed E-state index contributed by atoms with van der Waals surface area (Å²) in [5.41, 5.74) is 7.81. The predicted molar refractivity (Wildman–Crippen MR) is 56.7 cm³/mol. The number of para-hydroxylation sites is 1. The molecule has 2 aromatic rings. The van der Waals surface area contributed by atoms with Gasteiger partial charge in [-0.25, -0.2) is 4.68 Å². The van der Waals surface area contributed by atoms with Crippen LogP contribution in [-0.2, 0) is 0 Å². The van der Waals surface area contributed by atoms with E-state index in [1.54, 1.807) is 4.68 Å². The largest absolute Gasteiger partial charge is 0.327 e.